The number of nitrogens with two attached hydrogens (primary N) is 1. The van der Waals surface area contributed by atoms with Crippen LogP contribution in [0.25, 0.3) is 0 Å². The number of nitrogen functional groups attached to an aromatic ring is 1. The topological polar surface area (TPSA) is 86.3 Å². The summed E-state index contributed by atoms with van der Waals surface area (Å²) >= 11 is 0. The second-order valence-corrected chi connectivity index (χ2v) is 3.68. The maximum absolute atomic E-state index is 11.6. The number of nitrogens with zero attached hydrogens (tertiary/aromatic N) is 1. The van der Waals surface area contributed by atoms with Crippen LogP contribution in [0.3, 0.4) is 0 Å². The Labute approximate surface area is 99.7 Å². The molecule has 3 N–H and O–H groups in total. The normalized spacial score (nSPS) is 10.0. The van der Waals surface area contributed by atoms with E-state index in [0.29, 0.717) is 24.2 Å². The molecule has 0 aromatic carbocycles. The van der Waals surface area contributed by atoms with E-state index in [9.17, 15) is 9.59 Å². The highest BCUT2D eigenvalue weighted by atomic mass is 16.5. The number of hydrogen-bond donors (Lipinski definition) is 2. The van der Waals surface area contributed by atoms with E-state index < -0.39 is 5.97 Å². The highest BCUT2D eigenvalue weighted by molar-refractivity contribution is 5.89. The fraction of sp³-hybridized carbons (Fsp3) is 0.455. The summed E-state index contributed by atoms with van der Waals surface area (Å²) < 4.78 is 6.63. The third-order valence-corrected chi connectivity index (χ3v) is 2.30. The van der Waals surface area contributed by atoms with Crippen molar-refractivity contribution in [2.75, 3.05) is 19.4 Å². The zero-order valence-corrected chi connectivity index (χ0v) is 10.0. The van der Waals surface area contributed by atoms with Gasteiger partial charge in [-0.1, -0.05) is 0 Å². The molecule has 0 saturated carbocycles. The SMILES string of the molecule is CNC(=O)CCCOC(=O)c1cc(N)cn1C. The number of nitrogens with one attached hydrogen (secondary N) is 1. The molecule has 0 aliphatic heterocycles. The van der Waals surface area contributed by atoms with Crippen molar-refractivity contribution < 1.29 is 14.3 Å². The van der Waals surface area contributed by atoms with Crippen LogP contribution < -0.4 is 11.1 Å². The van der Waals surface area contributed by atoms with Crippen LogP contribution in [0.15, 0.2) is 12.3 Å². The third-order valence-electron chi connectivity index (χ3n) is 2.30. The quantitative estimate of drug-likeness (QED) is 0.571. The van der Waals surface area contributed by atoms with Gasteiger partial charge in [0.25, 0.3) is 0 Å². The first kappa shape index (κ1) is 13.1. The van der Waals surface area contributed by atoms with Gasteiger partial charge in [-0.05, 0) is 12.5 Å². The minimum atomic E-state index is -0.430. The van der Waals surface area contributed by atoms with Gasteiger partial charge in [0.05, 0.1) is 12.3 Å². The molecule has 1 amide bonds. The van der Waals surface area contributed by atoms with Crippen LogP contribution >= 0.6 is 0 Å². The summed E-state index contributed by atoms with van der Waals surface area (Å²) in [4.78, 5) is 22.5. The van der Waals surface area contributed by atoms with Crippen LogP contribution in [0.2, 0.25) is 0 Å². The Kier molecular flexibility index (Phi) is 4.56. The molecule has 1 heterocycles. The zero-order valence-electron chi connectivity index (χ0n) is 10.0. The number of rotatable bonds is 5. The molecule has 17 heavy (non-hydrogen) atoms. The molecule has 0 saturated heterocycles. The number of aryl methyl sites for hydroxylation is 1. The first-order valence-electron chi connectivity index (χ1n) is 5.34. The Bertz CT molecular complexity index is 412. The van der Waals surface area contributed by atoms with Crippen molar-refractivity contribution in [3.63, 3.8) is 0 Å². The fourth-order valence-electron chi connectivity index (χ4n) is 1.39. The minimum Gasteiger partial charge on any atom is -0.461 e. The van der Waals surface area contributed by atoms with Crippen molar-refractivity contribution in [2.45, 2.75) is 12.8 Å². The predicted molar refractivity (Wildman–Crippen MR) is 63.4 cm³/mol. The number of carbonyl (C=O) groups excluding carboxylic acids is 2. The van der Waals surface area contributed by atoms with E-state index >= 15 is 0 Å². The second-order valence-electron chi connectivity index (χ2n) is 3.68. The summed E-state index contributed by atoms with van der Waals surface area (Å²) in [5, 5.41) is 2.50. The van der Waals surface area contributed by atoms with Crippen LogP contribution in [-0.2, 0) is 16.6 Å². The van der Waals surface area contributed by atoms with Gasteiger partial charge in [-0.25, -0.2) is 4.79 Å². The van der Waals surface area contributed by atoms with Gasteiger partial charge < -0.3 is 20.4 Å². The second kappa shape index (κ2) is 5.93. The lowest BCUT2D eigenvalue weighted by atomic mass is 10.3. The predicted octanol–water partition coefficient (Wildman–Crippen LogP) is 0.290. The van der Waals surface area contributed by atoms with Crippen LogP contribution in [0.4, 0.5) is 5.69 Å². The Morgan fingerprint density at radius 1 is 1.53 bits per heavy atom. The molecule has 0 radical (unpaired) electrons. The lowest BCUT2D eigenvalue weighted by Gasteiger charge is -2.05. The van der Waals surface area contributed by atoms with Crippen LogP contribution in [0, 0.1) is 0 Å². The summed E-state index contributed by atoms with van der Waals surface area (Å²) in [7, 11) is 3.29. The van der Waals surface area contributed by atoms with Gasteiger partial charge in [-0.3, -0.25) is 4.79 Å². The molecular weight excluding hydrogens is 222 g/mol. The van der Waals surface area contributed by atoms with Crippen molar-refractivity contribution in [3.05, 3.63) is 18.0 Å². The molecule has 0 atom stereocenters. The van der Waals surface area contributed by atoms with Crippen LogP contribution in [-0.4, -0.2) is 30.1 Å². The summed E-state index contributed by atoms with van der Waals surface area (Å²) in [6, 6.07) is 1.56. The van der Waals surface area contributed by atoms with Crippen LogP contribution in [0.1, 0.15) is 23.3 Å². The summed E-state index contributed by atoms with van der Waals surface area (Å²) in [5.41, 5.74) is 6.47. The minimum absolute atomic E-state index is 0.0656. The van der Waals surface area contributed by atoms with Gasteiger partial charge in [-0.15, -0.1) is 0 Å². The number of hydrogen-bond acceptors (Lipinski definition) is 4. The van der Waals surface area contributed by atoms with E-state index in [1.54, 1.807) is 30.9 Å². The highest BCUT2D eigenvalue weighted by Gasteiger charge is 2.12. The molecule has 94 valence electrons. The van der Waals surface area contributed by atoms with Gasteiger partial charge in [0.15, 0.2) is 0 Å². The number of carbonyl (C=O) groups is 2. The van der Waals surface area contributed by atoms with Gasteiger partial charge >= 0.3 is 5.97 Å². The Morgan fingerprint density at radius 2 is 2.24 bits per heavy atom. The molecule has 1 rings (SSSR count). The molecule has 1 aromatic heterocycles. The first-order valence-corrected chi connectivity index (χ1v) is 5.34. The number of anilines is 1. The molecule has 6 heteroatoms. The number of ether oxygens (including phenoxy) is 1. The Balaban J connectivity index is 2.35. The molecule has 0 aliphatic carbocycles. The number of esters is 1. The number of amides is 1. The van der Waals surface area contributed by atoms with E-state index in [4.69, 9.17) is 10.5 Å². The van der Waals surface area contributed by atoms with E-state index in [2.05, 4.69) is 5.32 Å². The fourth-order valence-corrected chi connectivity index (χ4v) is 1.39. The standard InChI is InChI=1S/C11H17N3O3/c1-13-10(15)4-3-5-17-11(16)9-6-8(12)7-14(9)2/h6-7H,3-5,12H2,1-2H3,(H,13,15). The molecule has 0 bridgehead atoms. The van der Waals surface area contributed by atoms with Gasteiger partial charge in [0, 0.05) is 26.7 Å². The monoisotopic (exact) mass is 239 g/mol. The zero-order chi connectivity index (χ0) is 12.8. The summed E-state index contributed by atoms with van der Waals surface area (Å²) in [5.74, 6) is -0.495. The average molecular weight is 239 g/mol. The van der Waals surface area contributed by atoms with Crippen molar-refractivity contribution in [3.8, 4) is 0 Å². The first-order chi connectivity index (χ1) is 8.04. The van der Waals surface area contributed by atoms with Gasteiger partial charge in [0.2, 0.25) is 5.91 Å². The summed E-state index contributed by atoms with van der Waals surface area (Å²) in [6.07, 6.45) is 2.49. The maximum atomic E-state index is 11.6. The molecule has 6 nitrogen and oxygen atoms in total. The van der Waals surface area contributed by atoms with Crippen LogP contribution in [0.5, 0.6) is 0 Å². The third kappa shape index (κ3) is 3.82. The Hall–Kier alpha value is -1.98. The van der Waals surface area contributed by atoms with Crippen molar-refractivity contribution >= 4 is 17.6 Å². The summed E-state index contributed by atoms with van der Waals surface area (Å²) in [6.45, 7) is 0.220. The van der Waals surface area contributed by atoms with Crippen molar-refractivity contribution in [1.82, 2.24) is 9.88 Å². The van der Waals surface area contributed by atoms with Gasteiger partial charge in [0.1, 0.15) is 5.69 Å². The smallest absolute Gasteiger partial charge is 0.355 e. The molecule has 0 unspecified atom stereocenters. The van der Waals surface area contributed by atoms with Gasteiger partial charge in [-0.2, -0.15) is 0 Å². The maximum Gasteiger partial charge on any atom is 0.355 e. The molecule has 1 aromatic rings. The molecular formula is C11H17N3O3. The highest BCUT2D eigenvalue weighted by Crippen LogP contribution is 2.10. The van der Waals surface area contributed by atoms with E-state index in [0.717, 1.165) is 0 Å². The van der Waals surface area contributed by atoms with Crippen molar-refractivity contribution in [1.29, 1.82) is 0 Å². The lowest BCUT2D eigenvalue weighted by molar-refractivity contribution is -0.120. The van der Waals surface area contributed by atoms with E-state index in [1.807, 2.05) is 0 Å². The average Bonchev–Trinajstić information content (AvgIpc) is 2.63. The van der Waals surface area contributed by atoms with E-state index in [1.165, 1.54) is 0 Å². The lowest BCUT2D eigenvalue weighted by Crippen LogP contribution is -2.18. The molecule has 0 spiro atoms. The number of aromatic nitrogens is 1. The Morgan fingerprint density at radius 3 is 2.76 bits per heavy atom. The van der Waals surface area contributed by atoms with E-state index in [-0.39, 0.29) is 12.5 Å². The van der Waals surface area contributed by atoms with Crippen molar-refractivity contribution in [2.24, 2.45) is 7.05 Å². The molecule has 0 aliphatic rings. The largest absolute Gasteiger partial charge is 0.461 e. The molecule has 0 fully saturated rings.